The van der Waals surface area contributed by atoms with E-state index in [1.165, 1.54) is 0 Å². The second-order valence-corrected chi connectivity index (χ2v) is 11.5. The molecule has 0 aromatic carbocycles. The van der Waals surface area contributed by atoms with E-state index in [0.717, 1.165) is 12.8 Å². The van der Waals surface area contributed by atoms with Gasteiger partial charge in [-0.25, -0.2) is 0 Å². The van der Waals surface area contributed by atoms with Gasteiger partial charge >= 0.3 is 5.97 Å². The first kappa shape index (κ1) is 20.1. The first-order valence-electron chi connectivity index (χ1n) is 11.6. The van der Waals surface area contributed by atoms with Crippen LogP contribution in [0.15, 0.2) is 12.2 Å². The summed E-state index contributed by atoms with van der Waals surface area (Å²) in [6.07, 6.45) is 1.15. The van der Waals surface area contributed by atoms with Crippen LogP contribution in [0, 0.1) is 39.9 Å². The molecule has 7 aliphatic rings. The molecule has 0 aromatic rings. The van der Waals surface area contributed by atoms with Crippen molar-refractivity contribution in [3.63, 3.8) is 0 Å². The molecule has 168 valence electrons. The van der Waals surface area contributed by atoms with Crippen LogP contribution in [0.4, 0.5) is 0 Å². The van der Waals surface area contributed by atoms with Crippen molar-refractivity contribution < 1.29 is 34.1 Å². The van der Waals surface area contributed by atoms with Crippen molar-refractivity contribution in [2.75, 3.05) is 6.61 Å². The van der Waals surface area contributed by atoms with E-state index in [2.05, 4.69) is 6.58 Å². The number of esters is 1. The van der Waals surface area contributed by atoms with Crippen molar-refractivity contribution >= 4 is 17.5 Å². The molecule has 2 aliphatic heterocycles. The number of rotatable bonds is 2. The maximum Gasteiger partial charge on any atom is 0.309 e. The molecule has 2 heterocycles. The molecule has 5 aliphatic carbocycles. The Morgan fingerprint density at radius 3 is 2.58 bits per heavy atom. The number of carbonyl (C=O) groups is 3. The van der Waals surface area contributed by atoms with E-state index in [-0.39, 0.29) is 24.3 Å². The summed E-state index contributed by atoms with van der Waals surface area (Å²) < 4.78 is 11.9. The van der Waals surface area contributed by atoms with Crippen LogP contribution in [0.25, 0.3) is 0 Å². The van der Waals surface area contributed by atoms with Gasteiger partial charge in [-0.3, -0.25) is 14.4 Å². The lowest BCUT2D eigenvalue weighted by Gasteiger charge is -2.72. The number of ketones is 2. The molecule has 8 atom stereocenters. The smallest absolute Gasteiger partial charge is 0.309 e. The molecule has 0 radical (unpaired) electrons. The van der Waals surface area contributed by atoms with Crippen molar-refractivity contribution in [3.8, 4) is 0 Å². The van der Waals surface area contributed by atoms with Crippen molar-refractivity contribution in [2.24, 2.45) is 39.9 Å². The number of aliphatic hydroxyl groups is 2. The van der Waals surface area contributed by atoms with Crippen molar-refractivity contribution in [1.82, 2.24) is 0 Å². The number of Topliss-reactive ketones (excluding diaryl/α,β-unsaturated/α-hetero) is 2. The number of aliphatic hydroxyl groups excluding tert-OH is 1. The summed E-state index contributed by atoms with van der Waals surface area (Å²) in [5.41, 5.74) is -2.87. The first-order valence-corrected chi connectivity index (χ1v) is 11.6. The molecule has 0 aromatic heterocycles. The van der Waals surface area contributed by atoms with Gasteiger partial charge in [-0.1, -0.05) is 20.4 Å². The minimum absolute atomic E-state index is 0.0157. The zero-order valence-corrected chi connectivity index (χ0v) is 18.1. The van der Waals surface area contributed by atoms with Gasteiger partial charge in [0, 0.05) is 18.3 Å². The summed E-state index contributed by atoms with van der Waals surface area (Å²) >= 11 is 0. The van der Waals surface area contributed by atoms with E-state index in [0.29, 0.717) is 31.3 Å². The molecule has 2 N–H and O–H groups in total. The van der Waals surface area contributed by atoms with Crippen LogP contribution < -0.4 is 0 Å². The Morgan fingerprint density at radius 1 is 1.19 bits per heavy atom. The van der Waals surface area contributed by atoms with E-state index in [4.69, 9.17) is 9.47 Å². The third kappa shape index (κ3) is 1.97. The molecule has 0 amide bonds. The average molecular weight is 430 g/mol. The SMILES string of the molecule is C=C1C(=O)[C@]23[C@H](OC(=O)C4CC4)[C@H]1CC[C@H]2[C@@]12CO[C@@]3(O)[C@@H](O)[C@@H]1C(C)(C)CCC2=O. The molecule has 2 saturated heterocycles. The molecule has 7 fully saturated rings. The van der Waals surface area contributed by atoms with Crippen molar-refractivity contribution in [2.45, 2.75) is 70.4 Å². The topological polar surface area (TPSA) is 110 Å². The molecular formula is C24H30O7. The third-order valence-corrected chi connectivity index (χ3v) is 9.77. The van der Waals surface area contributed by atoms with Gasteiger partial charge in [0.2, 0.25) is 5.79 Å². The monoisotopic (exact) mass is 430 g/mol. The number of ether oxygens (including phenoxy) is 2. The lowest BCUT2D eigenvalue weighted by Crippen LogP contribution is -2.85. The molecule has 2 spiro atoms. The zero-order chi connectivity index (χ0) is 22.1. The second kappa shape index (κ2) is 5.67. The standard InChI is InChI=1S/C24H30O7/c1-11-13-6-7-14-22-10-30-24(29,18(27)16(22)21(2,3)9-8-15(22)25)23(14,17(11)26)19(13)31-20(28)12-4-5-12/h12-14,16,18-19,27,29H,1,4-10H2,2-3H3/t13-,14-,16+,18-,19+,22+,23-,24-/m0/s1. The maximum atomic E-state index is 13.8. The predicted octanol–water partition coefficient (Wildman–Crippen LogP) is 1.54. The molecule has 4 bridgehead atoms. The van der Waals surface area contributed by atoms with Crippen LogP contribution in [-0.2, 0) is 23.9 Å². The fourth-order valence-electron chi connectivity index (χ4n) is 8.31. The molecular weight excluding hydrogens is 400 g/mol. The molecule has 0 unspecified atom stereocenters. The highest BCUT2D eigenvalue weighted by Crippen LogP contribution is 2.76. The molecule has 5 saturated carbocycles. The van der Waals surface area contributed by atoms with E-state index < -0.39 is 57.8 Å². The Labute approximate surface area is 181 Å². The lowest BCUT2D eigenvalue weighted by atomic mass is 9.36. The lowest BCUT2D eigenvalue weighted by molar-refractivity contribution is -0.437. The minimum atomic E-state index is -2.22. The van der Waals surface area contributed by atoms with Crippen molar-refractivity contribution in [1.29, 1.82) is 0 Å². The number of fused-ring (bicyclic) bond motifs is 2. The van der Waals surface area contributed by atoms with Gasteiger partial charge in [0.1, 0.15) is 23.4 Å². The Kier molecular flexibility index (Phi) is 3.67. The highest BCUT2D eigenvalue weighted by atomic mass is 16.6. The van der Waals surface area contributed by atoms with Gasteiger partial charge in [-0.15, -0.1) is 0 Å². The average Bonchev–Trinajstić information content (AvgIpc) is 3.55. The van der Waals surface area contributed by atoms with Gasteiger partial charge in [0.25, 0.3) is 0 Å². The Morgan fingerprint density at radius 2 is 1.90 bits per heavy atom. The Bertz CT molecular complexity index is 934. The summed E-state index contributed by atoms with van der Waals surface area (Å²) in [6, 6.07) is 0. The largest absolute Gasteiger partial charge is 0.460 e. The summed E-state index contributed by atoms with van der Waals surface area (Å²) in [6.45, 7) is 8.00. The Hall–Kier alpha value is -1.57. The van der Waals surface area contributed by atoms with E-state index in [9.17, 15) is 24.6 Å². The van der Waals surface area contributed by atoms with Crippen molar-refractivity contribution in [3.05, 3.63) is 12.2 Å². The summed E-state index contributed by atoms with van der Waals surface area (Å²) in [4.78, 5) is 40.1. The fraction of sp³-hybridized carbons (Fsp3) is 0.792. The maximum absolute atomic E-state index is 13.8. The summed E-state index contributed by atoms with van der Waals surface area (Å²) in [7, 11) is 0. The quantitative estimate of drug-likeness (QED) is 0.505. The van der Waals surface area contributed by atoms with Crippen LogP contribution in [0.2, 0.25) is 0 Å². The summed E-state index contributed by atoms with van der Waals surface area (Å²) in [5, 5.41) is 23.6. The second-order valence-electron chi connectivity index (χ2n) is 11.5. The number of hydrogen-bond acceptors (Lipinski definition) is 7. The van der Waals surface area contributed by atoms with Gasteiger partial charge in [-0.05, 0) is 49.0 Å². The Balaban J connectivity index is 1.58. The van der Waals surface area contributed by atoms with Crippen LogP contribution in [-0.4, -0.2) is 52.4 Å². The van der Waals surface area contributed by atoms with Gasteiger partial charge < -0.3 is 19.7 Å². The van der Waals surface area contributed by atoms with E-state index in [1.54, 1.807) is 0 Å². The van der Waals surface area contributed by atoms with Crippen LogP contribution >= 0.6 is 0 Å². The van der Waals surface area contributed by atoms with Gasteiger partial charge in [0.05, 0.1) is 17.9 Å². The molecule has 31 heavy (non-hydrogen) atoms. The van der Waals surface area contributed by atoms with E-state index >= 15 is 0 Å². The molecule has 7 rings (SSSR count). The molecule has 7 nitrogen and oxygen atoms in total. The highest BCUT2D eigenvalue weighted by molar-refractivity contribution is 6.06. The summed E-state index contributed by atoms with van der Waals surface area (Å²) in [5.74, 6) is -4.71. The fourth-order valence-corrected chi connectivity index (χ4v) is 8.31. The first-order chi connectivity index (χ1) is 14.5. The van der Waals surface area contributed by atoms with Gasteiger partial charge in [0.15, 0.2) is 5.78 Å². The van der Waals surface area contributed by atoms with Gasteiger partial charge in [-0.2, -0.15) is 0 Å². The molecule has 7 heteroatoms. The van der Waals surface area contributed by atoms with Crippen LogP contribution in [0.1, 0.15) is 52.4 Å². The highest BCUT2D eigenvalue weighted by Gasteiger charge is 2.88. The third-order valence-electron chi connectivity index (χ3n) is 9.77. The predicted molar refractivity (Wildman–Crippen MR) is 106 cm³/mol. The normalized spacial score (nSPS) is 52.0. The minimum Gasteiger partial charge on any atom is -0.460 e. The van der Waals surface area contributed by atoms with Crippen LogP contribution in [0.5, 0.6) is 0 Å². The zero-order valence-electron chi connectivity index (χ0n) is 18.1. The number of hydrogen-bond donors (Lipinski definition) is 2. The van der Waals surface area contributed by atoms with E-state index in [1.807, 2.05) is 13.8 Å². The van der Waals surface area contributed by atoms with Crippen LogP contribution in [0.3, 0.4) is 0 Å². The number of carbonyl (C=O) groups excluding carboxylic acids is 3.